The Balaban J connectivity index is 0. The third-order valence-corrected chi connectivity index (χ3v) is 2.90. The molecule has 0 aliphatic heterocycles. The van der Waals surface area contributed by atoms with Gasteiger partial charge in [0.2, 0.25) is 6.41 Å². The molecule has 15 heavy (non-hydrogen) atoms. The second kappa shape index (κ2) is 7.78. The van der Waals surface area contributed by atoms with Crippen molar-refractivity contribution in [2.75, 3.05) is 0 Å². The van der Waals surface area contributed by atoms with Crippen LogP contribution in [0.4, 0.5) is 0 Å². The first-order valence-electron chi connectivity index (χ1n) is 5.15. The van der Waals surface area contributed by atoms with Crippen LogP contribution in [0.2, 0.25) is 0 Å². The molecule has 0 aromatic heterocycles. The fraction of sp³-hybridized carbons (Fsp3) is 0.800. The Bertz CT molecular complexity index is 210. The molecule has 0 spiro atoms. The third kappa shape index (κ3) is 5.24. The van der Waals surface area contributed by atoms with Crippen LogP contribution in [-0.4, -0.2) is 23.5 Å². The average Bonchev–Trinajstić information content (AvgIpc) is 2.18. The van der Waals surface area contributed by atoms with Gasteiger partial charge in [0.15, 0.2) is 0 Å². The molecule has 1 rings (SSSR count). The number of amides is 1. The maximum Gasteiger partial charge on any atom is 1.00 e. The maximum atomic E-state index is 10.6. The number of hydrogen-bond acceptors (Lipinski definition) is 2. The Morgan fingerprint density at radius 2 is 2.07 bits per heavy atom. The Labute approximate surface area is 103 Å². The van der Waals surface area contributed by atoms with E-state index in [1.165, 1.54) is 6.42 Å². The third-order valence-electron chi connectivity index (χ3n) is 2.90. The molecule has 1 fully saturated rings. The molecule has 1 unspecified atom stereocenters. The number of hydrogen-bond donors (Lipinski definition) is 2. The zero-order chi connectivity index (χ0) is 10.4. The molecule has 82 valence electrons. The average molecular weight is 207 g/mol. The van der Waals surface area contributed by atoms with Crippen molar-refractivity contribution in [1.82, 2.24) is 5.32 Å². The van der Waals surface area contributed by atoms with Crippen LogP contribution < -0.4 is 24.2 Å². The van der Waals surface area contributed by atoms with Gasteiger partial charge in [-0.3, -0.25) is 9.59 Å². The summed E-state index contributed by atoms with van der Waals surface area (Å²) < 4.78 is 0. The van der Waals surface area contributed by atoms with Gasteiger partial charge in [-0.25, -0.2) is 0 Å². The zero-order valence-electron chi connectivity index (χ0n) is 10.2. The molecule has 0 radical (unpaired) electrons. The van der Waals surface area contributed by atoms with Crippen LogP contribution in [0.3, 0.4) is 0 Å². The largest absolute Gasteiger partial charge is 1.00 e. The van der Waals surface area contributed by atoms with Crippen molar-refractivity contribution in [2.24, 2.45) is 5.92 Å². The van der Waals surface area contributed by atoms with Crippen LogP contribution in [0, 0.1) is 5.92 Å². The molecule has 5 heteroatoms. The van der Waals surface area contributed by atoms with Gasteiger partial charge in [0, 0.05) is 6.04 Å². The van der Waals surface area contributed by atoms with Gasteiger partial charge in [-0.2, -0.15) is 0 Å². The van der Waals surface area contributed by atoms with E-state index in [1.807, 2.05) is 0 Å². The van der Waals surface area contributed by atoms with Crippen molar-refractivity contribution >= 4 is 12.4 Å². The Kier molecular flexibility index (Phi) is 7.54. The van der Waals surface area contributed by atoms with Gasteiger partial charge in [-0.05, 0) is 18.8 Å². The normalized spacial score (nSPS) is 18.7. The summed E-state index contributed by atoms with van der Waals surface area (Å²) in [7, 11) is 0. The van der Waals surface area contributed by atoms with Gasteiger partial charge in [-0.1, -0.05) is 19.3 Å². The van der Waals surface area contributed by atoms with Gasteiger partial charge in [-0.15, -0.1) is 0 Å². The summed E-state index contributed by atoms with van der Waals surface area (Å²) in [5, 5.41) is 11.3. The second-order valence-electron chi connectivity index (χ2n) is 3.89. The summed E-state index contributed by atoms with van der Waals surface area (Å²) >= 11 is 0. The van der Waals surface area contributed by atoms with Crippen molar-refractivity contribution in [3.05, 3.63) is 0 Å². The van der Waals surface area contributed by atoms with E-state index in [0.717, 1.165) is 25.7 Å². The molecule has 1 saturated carbocycles. The smallest absolute Gasteiger partial charge is 1.00 e. The maximum absolute atomic E-state index is 10.6. The number of carbonyl (C=O) groups excluding carboxylic acids is 1. The van der Waals surface area contributed by atoms with E-state index in [2.05, 4.69) is 5.32 Å². The molecule has 4 nitrogen and oxygen atoms in total. The van der Waals surface area contributed by atoms with Crippen LogP contribution in [-0.2, 0) is 9.59 Å². The summed E-state index contributed by atoms with van der Waals surface area (Å²) in [6, 6.07) is -0.176. The van der Waals surface area contributed by atoms with Crippen molar-refractivity contribution in [2.45, 2.75) is 44.6 Å². The fourth-order valence-electron chi connectivity index (χ4n) is 2.17. The molecule has 0 heterocycles. The Hall–Kier alpha value is -0.463. The number of rotatable bonds is 5. The molecule has 1 amide bonds. The molecular weight excluding hydrogens is 189 g/mol. The zero-order valence-corrected chi connectivity index (χ0v) is 9.24. The first-order chi connectivity index (χ1) is 6.74. The number of carbonyl (C=O) groups is 2. The number of nitrogens with one attached hydrogen (secondary N) is 1. The van der Waals surface area contributed by atoms with Gasteiger partial charge >= 0.3 is 24.8 Å². The summed E-state index contributed by atoms with van der Waals surface area (Å²) in [4.78, 5) is 20.9. The van der Waals surface area contributed by atoms with E-state index < -0.39 is 5.97 Å². The molecule has 0 bridgehead atoms. The van der Waals surface area contributed by atoms with E-state index >= 15 is 0 Å². The minimum absolute atomic E-state index is 0. The molecule has 0 saturated heterocycles. The first-order valence-corrected chi connectivity index (χ1v) is 5.15. The molecule has 1 atom stereocenters. The van der Waals surface area contributed by atoms with Crippen LogP contribution in [0.15, 0.2) is 0 Å². The second-order valence-corrected chi connectivity index (χ2v) is 3.89. The van der Waals surface area contributed by atoms with Crippen LogP contribution >= 0.6 is 0 Å². The van der Waals surface area contributed by atoms with E-state index in [0.29, 0.717) is 12.3 Å². The minimum Gasteiger partial charge on any atom is -1.00 e. The van der Waals surface area contributed by atoms with Crippen molar-refractivity contribution in [3.8, 4) is 0 Å². The van der Waals surface area contributed by atoms with E-state index in [-0.39, 0.29) is 32.7 Å². The van der Waals surface area contributed by atoms with Crippen molar-refractivity contribution in [3.63, 3.8) is 0 Å². The standard InChI is InChI=1S/C10H17NO3.Li.H/c12-7-11-9(6-10(13)14)8-4-2-1-3-5-8;;/h7-9H,1-6H2,(H,11,12)(H,13,14);;/q;+1;-1. The predicted molar refractivity (Wildman–Crippen MR) is 52.9 cm³/mol. The molecule has 1 aliphatic carbocycles. The summed E-state index contributed by atoms with van der Waals surface area (Å²) in [6.45, 7) is 0. The van der Waals surface area contributed by atoms with Crippen molar-refractivity contribution < 1.29 is 35.0 Å². The monoisotopic (exact) mass is 207 g/mol. The van der Waals surface area contributed by atoms with Crippen LogP contribution in [0.25, 0.3) is 0 Å². The SMILES string of the molecule is O=CNC(CC(=O)O)C1CCCCC1.[H-].[Li+]. The molecule has 1 aliphatic rings. The quantitative estimate of drug-likeness (QED) is 0.416. The number of carboxylic acid groups (broad SMARTS) is 1. The minimum atomic E-state index is -0.838. The summed E-state index contributed by atoms with van der Waals surface area (Å²) in [6.07, 6.45) is 6.28. The predicted octanol–water partition coefficient (Wildman–Crippen LogP) is -1.73. The first kappa shape index (κ1) is 14.5. The van der Waals surface area contributed by atoms with Crippen LogP contribution in [0.5, 0.6) is 0 Å². The van der Waals surface area contributed by atoms with E-state index in [4.69, 9.17) is 5.11 Å². The summed E-state index contributed by atoms with van der Waals surface area (Å²) in [5.41, 5.74) is 0. The molecule has 0 aromatic rings. The van der Waals surface area contributed by atoms with E-state index in [1.54, 1.807) is 0 Å². The fourth-order valence-corrected chi connectivity index (χ4v) is 2.17. The molecule has 2 N–H and O–H groups in total. The Morgan fingerprint density at radius 1 is 1.47 bits per heavy atom. The molecular formula is C10H18LiNO3. The van der Waals surface area contributed by atoms with E-state index in [9.17, 15) is 9.59 Å². The van der Waals surface area contributed by atoms with Gasteiger partial charge < -0.3 is 11.8 Å². The van der Waals surface area contributed by atoms with Crippen LogP contribution in [0.1, 0.15) is 40.0 Å². The Morgan fingerprint density at radius 3 is 2.53 bits per heavy atom. The number of carboxylic acids is 1. The van der Waals surface area contributed by atoms with Crippen molar-refractivity contribution in [1.29, 1.82) is 0 Å². The van der Waals surface area contributed by atoms with Gasteiger partial charge in [0.05, 0.1) is 6.42 Å². The topological polar surface area (TPSA) is 66.4 Å². The van der Waals surface area contributed by atoms with Gasteiger partial charge in [0.25, 0.3) is 0 Å². The number of aliphatic carboxylic acids is 1. The molecule has 0 aromatic carbocycles. The van der Waals surface area contributed by atoms with Gasteiger partial charge in [0.1, 0.15) is 0 Å². The summed E-state index contributed by atoms with van der Waals surface area (Å²) in [5.74, 6) is -0.486.